The number of nitro groups is 1. The molecular formula is C13H9FN2O4. The van der Waals surface area contributed by atoms with Crippen LogP contribution < -0.4 is 5.32 Å². The number of nitrogens with zero attached hydrogens (tertiary/aromatic N) is 1. The van der Waals surface area contributed by atoms with Crippen LogP contribution in [-0.4, -0.2) is 10.8 Å². The van der Waals surface area contributed by atoms with Gasteiger partial charge in [-0.05, 0) is 30.3 Å². The predicted octanol–water partition coefficient (Wildman–Crippen LogP) is 2.98. The minimum absolute atomic E-state index is 0.132. The van der Waals surface area contributed by atoms with Crippen LogP contribution in [0.2, 0.25) is 0 Å². The van der Waals surface area contributed by atoms with E-state index in [2.05, 4.69) is 5.32 Å². The number of anilines is 1. The van der Waals surface area contributed by atoms with Gasteiger partial charge in [0.15, 0.2) is 0 Å². The van der Waals surface area contributed by atoms with Crippen molar-refractivity contribution in [3.63, 3.8) is 0 Å². The van der Waals surface area contributed by atoms with Crippen LogP contribution in [0.15, 0.2) is 47.1 Å². The minimum Gasteiger partial charge on any atom is -0.465 e. The molecule has 0 fully saturated rings. The van der Waals surface area contributed by atoms with Gasteiger partial charge in [-0.1, -0.05) is 0 Å². The van der Waals surface area contributed by atoms with Crippen LogP contribution in [0.3, 0.4) is 0 Å². The highest BCUT2D eigenvalue weighted by Gasteiger charge is 2.14. The highest BCUT2D eigenvalue weighted by molar-refractivity contribution is 6.01. The molecule has 0 aliphatic heterocycles. The van der Waals surface area contributed by atoms with E-state index in [9.17, 15) is 19.3 Å². The van der Waals surface area contributed by atoms with Crippen molar-refractivity contribution >= 4 is 23.4 Å². The monoisotopic (exact) mass is 276 g/mol. The standard InChI is InChI=1S/C13H9FN2O4/c14-11-5-3-9(8-12(11)16(18)19)15-13(17)6-4-10-2-1-7-20-10/h1-8H,(H,15,17). The fourth-order valence-electron chi connectivity index (χ4n) is 1.46. The summed E-state index contributed by atoms with van der Waals surface area (Å²) in [7, 11) is 0. The van der Waals surface area contributed by atoms with Crippen molar-refractivity contribution in [3.8, 4) is 0 Å². The molecule has 7 heteroatoms. The molecule has 0 spiro atoms. The van der Waals surface area contributed by atoms with E-state index in [0.717, 1.165) is 12.1 Å². The molecule has 1 aromatic carbocycles. The molecular weight excluding hydrogens is 267 g/mol. The Bertz CT molecular complexity index is 665. The highest BCUT2D eigenvalue weighted by atomic mass is 19.1. The summed E-state index contributed by atoms with van der Waals surface area (Å²) in [5, 5.41) is 13.0. The Morgan fingerprint density at radius 2 is 2.20 bits per heavy atom. The third kappa shape index (κ3) is 3.29. The van der Waals surface area contributed by atoms with Crippen LogP contribution in [0.1, 0.15) is 5.76 Å². The third-order valence-corrected chi connectivity index (χ3v) is 2.35. The molecule has 1 amide bonds. The first kappa shape index (κ1) is 13.5. The zero-order valence-electron chi connectivity index (χ0n) is 10.1. The molecule has 20 heavy (non-hydrogen) atoms. The fraction of sp³-hybridized carbons (Fsp3) is 0. The Balaban J connectivity index is 2.08. The average Bonchev–Trinajstić information content (AvgIpc) is 2.91. The number of amides is 1. The Labute approximate surface area is 112 Å². The second-order valence-electron chi connectivity index (χ2n) is 3.76. The maximum Gasteiger partial charge on any atom is 0.306 e. The smallest absolute Gasteiger partial charge is 0.306 e. The lowest BCUT2D eigenvalue weighted by molar-refractivity contribution is -0.387. The molecule has 0 radical (unpaired) electrons. The molecule has 0 saturated carbocycles. The lowest BCUT2D eigenvalue weighted by atomic mass is 10.2. The first-order valence-electron chi connectivity index (χ1n) is 5.53. The van der Waals surface area contributed by atoms with Crippen LogP contribution >= 0.6 is 0 Å². The molecule has 1 heterocycles. The van der Waals surface area contributed by atoms with Crippen molar-refractivity contribution in [1.29, 1.82) is 0 Å². The Hall–Kier alpha value is -2.96. The topological polar surface area (TPSA) is 85.4 Å². The Morgan fingerprint density at radius 1 is 1.40 bits per heavy atom. The van der Waals surface area contributed by atoms with Crippen LogP contribution in [0.5, 0.6) is 0 Å². The molecule has 1 aromatic heterocycles. The Kier molecular flexibility index (Phi) is 3.90. The second kappa shape index (κ2) is 5.79. The summed E-state index contributed by atoms with van der Waals surface area (Å²) in [6.45, 7) is 0. The number of nitro benzene ring substituents is 1. The van der Waals surface area contributed by atoms with Gasteiger partial charge in [-0.25, -0.2) is 0 Å². The van der Waals surface area contributed by atoms with E-state index in [0.29, 0.717) is 5.76 Å². The predicted molar refractivity (Wildman–Crippen MR) is 69.4 cm³/mol. The van der Waals surface area contributed by atoms with Gasteiger partial charge in [-0.3, -0.25) is 14.9 Å². The first-order valence-corrected chi connectivity index (χ1v) is 5.53. The molecule has 6 nitrogen and oxygen atoms in total. The number of nitrogens with one attached hydrogen (secondary N) is 1. The number of hydrogen-bond donors (Lipinski definition) is 1. The van der Waals surface area contributed by atoms with E-state index in [-0.39, 0.29) is 5.69 Å². The molecule has 0 saturated heterocycles. The molecule has 0 aliphatic carbocycles. The molecule has 0 aliphatic rings. The van der Waals surface area contributed by atoms with Crippen molar-refractivity contribution in [1.82, 2.24) is 0 Å². The number of hydrogen-bond acceptors (Lipinski definition) is 4. The van der Waals surface area contributed by atoms with Gasteiger partial charge in [0.05, 0.1) is 11.2 Å². The summed E-state index contributed by atoms with van der Waals surface area (Å²) in [5.41, 5.74) is -0.565. The van der Waals surface area contributed by atoms with E-state index >= 15 is 0 Å². The summed E-state index contributed by atoms with van der Waals surface area (Å²) in [5.74, 6) is -0.980. The van der Waals surface area contributed by atoms with Gasteiger partial charge in [0.2, 0.25) is 11.7 Å². The molecule has 0 unspecified atom stereocenters. The zero-order valence-corrected chi connectivity index (χ0v) is 10.1. The van der Waals surface area contributed by atoms with Crippen molar-refractivity contribution in [2.24, 2.45) is 0 Å². The van der Waals surface area contributed by atoms with E-state index in [1.54, 1.807) is 12.1 Å². The van der Waals surface area contributed by atoms with E-state index in [4.69, 9.17) is 4.42 Å². The molecule has 102 valence electrons. The van der Waals surface area contributed by atoms with Gasteiger partial charge in [0, 0.05) is 17.8 Å². The normalized spacial score (nSPS) is 10.7. The van der Waals surface area contributed by atoms with Gasteiger partial charge >= 0.3 is 5.69 Å². The quantitative estimate of drug-likeness (QED) is 0.528. The maximum atomic E-state index is 13.1. The molecule has 0 bridgehead atoms. The molecule has 2 rings (SSSR count). The van der Waals surface area contributed by atoms with Gasteiger partial charge in [-0.2, -0.15) is 4.39 Å². The van der Waals surface area contributed by atoms with E-state index in [1.807, 2.05) is 0 Å². The van der Waals surface area contributed by atoms with Gasteiger partial charge < -0.3 is 9.73 Å². The number of benzene rings is 1. The SMILES string of the molecule is O=C(C=Cc1ccco1)Nc1ccc(F)c([N+](=O)[O-])c1. The Morgan fingerprint density at radius 3 is 2.85 bits per heavy atom. The van der Waals surface area contributed by atoms with E-state index < -0.39 is 22.3 Å². The van der Waals surface area contributed by atoms with Crippen molar-refractivity contribution in [2.75, 3.05) is 5.32 Å². The molecule has 2 aromatic rings. The number of halogens is 1. The molecule has 0 atom stereocenters. The van der Waals surface area contributed by atoms with Gasteiger partial charge in [0.25, 0.3) is 0 Å². The lowest BCUT2D eigenvalue weighted by Crippen LogP contribution is -2.08. The number of carbonyl (C=O) groups excluding carboxylic acids is 1. The third-order valence-electron chi connectivity index (χ3n) is 2.35. The van der Waals surface area contributed by atoms with Gasteiger partial charge in [0.1, 0.15) is 5.76 Å². The second-order valence-corrected chi connectivity index (χ2v) is 3.76. The number of rotatable bonds is 4. The summed E-state index contributed by atoms with van der Waals surface area (Å²) >= 11 is 0. The minimum atomic E-state index is -0.959. The van der Waals surface area contributed by atoms with Crippen molar-refractivity contribution in [3.05, 3.63) is 64.4 Å². The summed E-state index contributed by atoms with van der Waals surface area (Å²) in [4.78, 5) is 21.3. The summed E-state index contributed by atoms with van der Waals surface area (Å²) in [6.07, 6.45) is 4.10. The number of carbonyl (C=O) groups is 1. The lowest BCUT2D eigenvalue weighted by Gasteiger charge is -2.02. The number of furan rings is 1. The average molecular weight is 276 g/mol. The van der Waals surface area contributed by atoms with Gasteiger partial charge in [-0.15, -0.1) is 0 Å². The van der Waals surface area contributed by atoms with Crippen molar-refractivity contribution < 1.29 is 18.5 Å². The summed E-state index contributed by atoms with van der Waals surface area (Å²) < 4.78 is 18.1. The van der Waals surface area contributed by atoms with Crippen LogP contribution in [0.4, 0.5) is 15.8 Å². The highest BCUT2D eigenvalue weighted by Crippen LogP contribution is 2.21. The summed E-state index contributed by atoms with van der Waals surface area (Å²) in [6, 6.07) is 6.44. The van der Waals surface area contributed by atoms with Crippen LogP contribution in [0.25, 0.3) is 6.08 Å². The van der Waals surface area contributed by atoms with Crippen LogP contribution in [-0.2, 0) is 4.79 Å². The largest absolute Gasteiger partial charge is 0.465 e. The van der Waals surface area contributed by atoms with Crippen molar-refractivity contribution in [2.45, 2.75) is 0 Å². The van der Waals surface area contributed by atoms with Crippen LogP contribution in [0, 0.1) is 15.9 Å². The maximum absolute atomic E-state index is 13.1. The first-order chi connectivity index (χ1) is 9.56. The van der Waals surface area contributed by atoms with E-state index in [1.165, 1.54) is 24.5 Å². The molecule has 1 N–H and O–H groups in total. The fourth-order valence-corrected chi connectivity index (χ4v) is 1.46. The zero-order chi connectivity index (χ0) is 14.5.